The summed E-state index contributed by atoms with van der Waals surface area (Å²) in [5.41, 5.74) is 4.54. The number of ether oxygens (including phenoxy) is 1. The molecule has 0 N–H and O–H groups in total. The van der Waals surface area contributed by atoms with E-state index in [1.54, 1.807) is 7.11 Å². The molecule has 3 rings (SSSR count). The number of nitrogens with zero attached hydrogens (tertiary/aromatic N) is 2. The largest absolute Gasteiger partial charge is 0.497 e. The summed E-state index contributed by atoms with van der Waals surface area (Å²) in [6, 6.07) is 18.6. The Labute approximate surface area is 149 Å². The molecule has 25 heavy (non-hydrogen) atoms. The van der Waals surface area contributed by atoms with E-state index >= 15 is 0 Å². The van der Waals surface area contributed by atoms with Crippen molar-refractivity contribution in [3.05, 3.63) is 78.1 Å². The number of rotatable bonds is 7. The highest BCUT2D eigenvalue weighted by molar-refractivity contribution is 5.81. The maximum atomic E-state index is 5.20. The van der Waals surface area contributed by atoms with Gasteiger partial charge in [0, 0.05) is 29.9 Å². The SMILES string of the molecule is CCCCc1ccc(N=Cc2ccn(-c3ccc(OC)cc3)c2)cc1. The van der Waals surface area contributed by atoms with Crippen LogP contribution in [0.2, 0.25) is 0 Å². The van der Waals surface area contributed by atoms with Crippen molar-refractivity contribution in [2.24, 2.45) is 4.99 Å². The topological polar surface area (TPSA) is 26.5 Å². The van der Waals surface area contributed by atoms with Gasteiger partial charge in [-0.05, 0) is 60.9 Å². The summed E-state index contributed by atoms with van der Waals surface area (Å²) in [6.07, 6.45) is 9.62. The molecule has 3 heteroatoms. The number of aliphatic imine (C=N–C) groups is 1. The molecule has 0 unspecified atom stereocenters. The molecule has 1 heterocycles. The lowest BCUT2D eigenvalue weighted by atomic mass is 10.1. The average molecular weight is 332 g/mol. The molecule has 2 aromatic carbocycles. The van der Waals surface area contributed by atoms with Crippen molar-refractivity contribution in [2.75, 3.05) is 7.11 Å². The summed E-state index contributed by atoms with van der Waals surface area (Å²) < 4.78 is 7.28. The average Bonchev–Trinajstić information content (AvgIpc) is 3.14. The molecule has 0 aliphatic carbocycles. The van der Waals surface area contributed by atoms with Crippen molar-refractivity contribution in [3.8, 4) is 11.4 Å². The molecule has 0 bridgehead atoms. The van der Waals surface area contributed by atoms with E-state index in [2.05, 4.69) is 53.0 Å². The summed E-state index contributed by atoms with van der Waals surface area (Å²) in [6.45, 7) is 2.22. The van der Waals surface area contributed by atoms with Crippen LogP contribution in [0.15, 0.2) is 72.0 Å². The number of benzene rings is 2. The van der Waals surface area contributed by atoms with Crippen LogP contribution < -0.4 is 4.74 Å². The zero-order valence-corrected chi connectivity index (χ0v) is 14.9. The second kappa shape index (κ2) is 8.34. The Morgan fingerprint density at radius 1 is 1.00 bits per heavy atom. The molecule has 3 nitrogen and oxygen atoms in total. The number of unbranched alkanes of at least 4 members (excludes halogenated alkanes) is 1. The highest BCUT2D eigenvalue weighted by atomic mass is 16.5. The Morgan fingerprint density at radius 2 is 1.76 bits per heavy atom. The quantitative estimate of drug-likeness (QED) is 0.519. The van der Waals surface area contributed by atoms with E-state index in [4.69, 9.17) is 4.74 Å². The third-order valence-corrected chi connectivity index (χ3v) is 4.20. The van der Waals surface area contributed by atoms with Crippen LogP contribution in [0.1, 0.15) is 30.9 Å². The van der Waals surface area contributed by atoms with Gasteiger partial charge in [0.05, 0.1) is 12.8 Å². The minimum absolute atomic E-state index is 0.861. The molecule has 0 saturated carbocycles. The maximum absolute atomic E-state index is 5.20. The van der Waals surface area contributed by atoms with Crippen molar-refractivity contribution >= 4 is 11.9 Å². The molecule has 1 aromatic heterocycles. The van der Waals surface area contributed by atoms with Crippen LogP contribution in [0, 0.1) is 0 Å². The highest BCUT2D eigenvalue weighted by Crippen LogP contribution is 2.17. The van der Waals surface area contributed by atoms with E-state index in [0.717, 1.165) is 29.1 Å². The minimum atomic E-state index is 0.861. The van der Waals surface area contributed by atoms with E-state index in [0.29, 0.717) is 0 Å². The lowest BCUT2D eigenvalue weighted by Crippen LogP contribution is -1.90. The van der Waals surface area contributed by atoms with Crippen LogP contribution >= 0.6 is 0 Å². The Bertz CT molecular complexity index is 814. The first-order valence-electron chi connectivity index (χ1n) is 8.74. The fraction of sp³-hybridized carbons (Fsp3) is 0.227. The fourth-order valence-electron chi connectivity index (χ4n) is 2.68. The van der Waals surface area contributed by atoms with Gasteiger partial charge < -0.3 is 9.30 Å². The molecule has 128 valence electrons. The molecule has 0 fully saturated rings. The molecule has 0 amide bonds. The van der Waals surface area contributed by atoms with Crippen LogP contribution in [-0.2, 0) is 6.42 Å². The highest BCUT2D eigenvalue weighted by Gasteiger charge is 1.99. The van der Waals surface area contributed by atoms with Crippen molar-refractivity contribution in [1.82, 2.24) is 4.57 Å². The molecule has 0 saturated heterocycles. The Kier molecular flexibility index (Phi) is 5.68. The molecule has 0 aliphatic heterocycles. The first kappa shape index (κ1) is 17.0. The van der Waals surface area contributed by atoms with Crippen LogP contribution in [0.5, 0.6) is 5.75 Å². The van der Waals surface area contributed by atoms with Gasteiger partial charge in [-0.3, -0.25) is 4.99 Å². The van der Waals surface area contributed by atoms with Crippen LogP contribution in [0.3, 0.4) is 0 Å². The second-order valence-corrected chi connectivity index (χ2v) is 6.08. The standard InChI is InChI=1S/C22H24N2O/c1-3-4-5-18-6-8-20(9-7-18)23-16-19-14-15-24(17-19)21-10-12-22(25-2)13-11-21/h6-17H,3-5H2,1-2H3. The Hall–Kier alpha value is -2.81. The van der Waals surface area contributed by atoms with Crippen molar-refractivity contribution in [3.63, 3.8) is 0 Å². The van der Waals surface area contributed by atoms with Gasteiger partial charge >= 0.3 is 0 Å². The minimum Gasteiger partial charge on any atom is -0.497 e. The van der Waals surface area contributed by atoms with Gasteiger partial charge in [0.1, 0.15) is 5.75 Å². The van der Waals surface area contributed by atoms with Crippen LogP contribution in [0.4, 0.5) is 5.69 Å². The first-order valence-corrected chi connectivity index (χ1v) is 8.74. The van der Waals surface area contributed by atoms with Gasteiger partial charge in [0.2, 0.25) is 0 Å². The van der Waals surface area contributed by atoms with E-state index in [-0.39, 0.29) is 0 Å². The molecule has 0 aliphatic rings. The lowest BCUT2D eigenvalue weighted by molar-refractivity contribution is 0.415. The normalized spacial score (nSPS) is 11.1. The van der Waals surface area contributed by atoms with Gasteiger partial charge in [-0.2, -0.15) is 0 Å². The fourth-order valence-corrected chi connectivity index (χ4v) is 2.68. The van der Waals surface area contributed by atoms with E-state index in [1.165, 1.54) is 18.4 Å². The summed E-state index contributed by atoms with van der Waals surface area (Å²) in [5.74, 6) is 0.861. The lowest BCUT2D eigenvalue weighted by Gasteiger charge is -2.04. The van der Waals surface area contributed by atoms with Gasteiger partial charge in [-0.15, -0.1) is 0 Å². The number of hydrogen-bond acceptors (Lipinski definition) is 2. The number of methoxy groups -OCH3 is 1. The third kappa shape index (κ3) is 4.60. The van der Waals surface area contributed by atoms with E-state index in [1.807, 2.05) is 36.7 Å². The first-order chi connectivity index (χ1) is 12.3. The smallest absolute Gasteiger partial charge is 0.119 e. The zero-order valence-electron chi connectivity index (χ0n) is 14.9. The maximum Gasteiger partial charge on any atom is 0.119 e. The van der Waals surface area contributed by atoms with Crippen molar-refractivity contribution in [2.45, 2.75) is 26.2 Å². The second-order valence-electron chi connectivity index (χ2n) is 6.08. The molecule has 3 aromatic rings. The summed E-state index contributed by atoms with van der Waals surface area (Å²) in [5, 5.41) is 0. The van der Waals surface area contributed by atoms with Crippen molar-refractivity contribution < 1.29 is 4.74 Å². The molecule has 0 radical (unpaired) electrons. The van der Waals surface area contributed by atoms with Gasteiger partial charge in [0.25, 0.3) is 0 Å². The monoisotopic (exact) mass is 332 g/mol. The van der Waals surface area contributed by atoms with Crippen molar-refractivity contribution in [1.29, 1.82) is 0 Å². The number of aromatic nitrogens is 1. The van der Waals surface area contributed by atoms with Crippen LogP contribution in [-0.4, -0.2) is 17.9 Å². The van der Waals surface area contributed by atoms with Gasteiger partial charge in [0.15, 0.2) is 0 Å². The third-order valence-electron chi connectivity index (χ3n) is 4.20. The molecular weight excluding hydrogens is 308 g/mol. The number of hydrogen-bond donors (Lipinski definition) is 0. The van der Waals surface area contributed by atoms with Gasteiger partial charge in [-0.25, -0.2) is 0 Å². The summed E-state index contributed by atoms with van der Waals surface area (Å²) in [4.78, 5) is 4.57. The van der Waals surface area contributed by atoms with Gasteiger partial charge in [-0.1, -0.05) is 25.5 Å². The zero-order chi connectivity index (χ0) is 17.5. The Morgan fingerprint density at radius 3 is 2.44 bits per heavy atom. The molecule has 0 spiro atoms. The predicted molar refractivity (Wildman–Crippen MR) is 105 cm³/mol. The predicted octanol–water partition coefficient (Wildman–Crippen LogP) is 5.58. The number of aryl methyl sites for hydroxylation is 1. The van der Waals surface area contributed by atoms with Crippen LogP contribution in [0.25, 0.3) is 5.69 Å². The Balaban J connectivity index is 1.66. The molecule has 0 atom stereocenters. The summed E-state index contributed by atoms with van der Waals surface area (Å²) in [7, 11) is 1.68. The van der Waals surface area contributed by atoms with E-state index in [9.17, 15) is 0 Å². The summed E-state index contributed by atoms with van der Waals surface area (Å²) >= 11 is 0. The van der Waals surface area contributed by atoms with E-state index < -0.39 is 0 Å². The molecular formula is C22H24N2O.